The van der Waals surface area contributed by atoms with Gasteiger partial charge in [0.05, 0.1) is 34.1 Å². The minimum Gasteiger partial charge on any atom is -0.490 e. The fraction of sp³-hybridized carbons (Fsp3) is 0.176. The van der Waals surface area contributed by atoms with Gasteiger partial charge >= 0.3 is 5.97 Å². The predicted molar refractivity (Wildman–Crippen MR) is 96.9 cm³/mol. The Morgan fingerprint density at radius 1 is 1.29 bits per heavy atom. The number of nitrogens with one attached hydrogen (secondary N) is 1. The fourth-order valence-corrected chi connectivity index (χ4v) is 2.55. The lowest BCUT2D eigenvalue weighted by Gasteiger charge is -2.09. The van der Waals surface area contributed by atoms with E-state index < -0.39 is 5.97 Å². The van der Waals surface area contributed by atoms with E-state index in [4.69, 9.17) is 33.0 Å². The predicted octanol–water partition coefficient (Wildman–Crippen LogP) is 4.93. The van der Waals surface area contributed by atoms with E-state index in [-0.39, 0.29) is 5.56 Å². The largest absolute Gasteiger partial charge is 0.490 e. The maximum Gasteiger partial charge on any atom is 0.337 e. The highest BCUT2D eigenvalue weighted by Crippen LogP contribution is 2.33. The van der Waals surface area contributed by atoms with Crippen molar-refractivity contribution in [2.24, 2.45) is 5.10 Å². The number of hydrogen-bond acceptors (Lipinski definition) is 4. The van der Waals surface area contributed by atoms with Crippen molar-refractivity contribution in [3.8, 4) is 5.75 Å². The minimum absolute atomic E-state index is 0.133. The summed E-state index contributed by atoms with van der Waals surface area (Å²) in [6.07, 6.45) is 2.35. The van der Waals surface area contributed by atoms with E-state index in [1.807, 2.05) is 6.92 Å². The Morgan fingerprint density at radius 2 is 1.96 bits per heavy atom. The summed E-state index contributed by atoms with van der Waals surface area (Å²) in [5.41, 5.74) is 3.89. The van der Waals surface area contributed by atoms with Gasteiger partial charge in [0.25, 0.3) is 0 Å². The molecule has 2 aromatic rings. The number of carbonyl (C=O) groups is 1. The number of hydrazone groups is 1. The van der Waals surface area contributed by atoms with Gasteiger partial charge in [-0.1, -0.05) is 42.3 Å². The van der Waals surface area contributed by atoms with Crippen molar-refractivity contribution in [3.05, 3.63) is 57.6 Å². The first kappa shape index (κ1) is 18.1. The molecule has 0 aliphatic heterocycles. The van der Waals surface area contributed by atoms with Crippen molar-refractivity contribution in [1.82, 2.24) is 0 Å². The number of rotatable bonds is 7. The number of para-hydroxylation sites is 1. The number of benzene rings is 2. The second-order valence-corrected chi connectivity index (χ2v) is 5.70. The molecule has 24 heavy (non-hydrogen) atoms. The van der Waals surface area contributed by atoms with Gasteiger partial charge in [-0.3, -0.25) is 5.43 Å². The molecule has 5 nitrogen and oxygen atoms in total. The summed E-state index contributed by atoms with van der Waals surface area (Å²) in [6, 6.07) is 9.83. The summed E-state index contributed by atoms with van der Waals surface area (Å²) in [6.45, 7) is 2.52. The van der Waals surface area contributed by atoms with E-state index >= 15 is 0 Å². The molecule has 0 aromatic heterocycles. The summed E-state index contributed by atoms with van der Waals surface area (Å²) < 4.78 is 5.50. The van der Waals surface area contributed by atoms with E-state index in [0.717, 1.165) is 6.42 Å². The molecule has 0 unspecified atom stereocenters. The number of nitrogens with zero attached hydrogens (tertiary/aromatic N) is 1. The Hall–Kier alpha value is -2.24. The third-order valence-corrected chi connectivity index (χ3v) is 3.59. The summed E-state index contributed by atoms with van der Waals surface area (Å²) in [7, 11) is 0. The molecule has 7 heteroatoms. The molecule has 0 atom stereocenters. The highest BCUT2D eigenvalue weighted by atomic mass is 35.5. The molecule has 0 fully saturated rings. The third kappa shape index (κ3) is 4.63. The first-order valence-electron chi connectivity index (χ1n) is 7.26. The van der Waals surface area contributed by atoms with Gasteiger partial charge < -0.3 is 9.84 Å². The SMILES string of the molecule is CCCOc1c(Cl)cc(C=NNc2ccccc2C(=O)O)cc1Cl. The Bertz CT molecular complexity index is 740. The number of aromatic carboxylic acids is 1. The fourth-order valence-electron chi connectivity index (χ4n) is 1.94. The zero-order valence-electron chi connectivity index (χ0n) is 12.9. The van der Waals surface area contributed by atoms with E-state index in [2.05, 4.69) is 10.5 Å². The maximum atomic E-state index is 11.1. The van der Waals surface area contributed by atoms with Crippen molar-refractivity contribution >= 4 is 41.1 Å². The maximum absolute atomic E-state index is 11.1. The molecule has 0 saturated heterocycles. The molecule has 2 aromatic carbocycles. The van der Waals surface area contributed by atoms with Gasteiger partial charge in [-0.25, -0.2) is 4.79 Å². The van der Waals surface area contributed by atoms with Crippen LogP contribution in [-0.4, -0.2) is 23.9 Å². The molecule has 0 spiro atoms. The Labute approximate surface area is 149 Å². The zero-order chi connectivity index (χ0) is 17.5. The first-order chi connectivity index (χ1) is 11.5. The summed E-state index contributed by atoms with van der Waals surface area (Å²) in [5, 5.41) is 13.9. The molecule has 0 aliphatic carbocycles. The highest BCUT2D eigenvalue weighted by Gasteiger charge is 2.10. The van der Waals surface area contributed by atoms with E-state index in [1.54, 1.807) is 30.3 Å². The van der Waals surface area contributed by atoms with Crippen LogP contribution in [0.4, 0.5) is 5.69 Å². The number of carboxylic acids is 1. The number of carboxylic acid groups (broad SMARTS) is 1. The molecular formula is C17H16Cl2N2O3. The van der Waals surface area contributed by atoms with Gasteiger partial charge in [0.1, 0.15) is 0 Å². The van der Waals surface area contributed by atoms with Crippen LogP contribution in [0.15, 0.2) is 41.5 Å². The second kappa shape index (κ2) is 8.57. The van der Waals surface area contributed by atoms with Gasteiger partial charge in [0.2, 0.25) is 0 Å². The Kier molecular flexibility index (Phi) is 6.46. The first-order valence-corrected chi connectivity index (χ1v) is 8.01. The molecule has 0 aliphatic rings. The summed E-state index contributed by atoms with van der Waals surface area (Å²) >= 11 is 12.3. The van der Waals surface area contributed by atoms with Gasteiger partial charge in [-0.05, 0) is 36.2 Å². The lowest BCUT2D eigenvalue weighted by Crippen LogP contribution is -2.02. The lowest BCUT2D eigenvalue weighted by atomic mass is 10.2. The van der Waals surface area contributed by atoms with Crippen molar-refractivity contribution in [2.75, 3.05) is 12.0 Å². The van der Waals surface area contributed by atoms with E-state index in [9.17, 15) is 4.79 Å². The van der Waals surface area contributed by atoms with Crippen molar-refractivity contribution in [3.63, 3.8) is 0 Å². The monoisotopic (exact) mass is 366 g/mol. The lowest BCUT2D eigenvalue weighted by molar-refractivity contribution is 0.0698. The number of halogens is 2. The van der Waals surface area contributed by atoms with Crippen LogP contribution in [0.25, 0.3) is 0 Å². The molecule has 0 heterocycles. The number of hydrogen-bond donors (Lipinski definition) is 2. The van der Waals surface area contributed by atoms with Gasteiger partial charge in [0.15, 0.2) is 5.75 Å². The van der Waals surface area contributed by atoms with Crippen LogP contribution in [0.5, 0.6) is 5.75 Å². The Morgan fingerprint density at radius 3 is 2.58 bits per heavy atom. The van der Waals surface area contributed by atoms with Gasteiger partial charge in [-0.2, -0.15) is 5.10 Å². The van der Waals surface area contributed by atoms with Gasteiger partial charge in [0, 0.05) is 0 Å². The average molecular weight is 367 g/mol. The molecule has 0 amide bonds. The Balaban J connectivity index is 2.14. The molecular weight excluding hydrogens is 351 g/mol. The van der Waals surface area contributed by atoms with Crippen LogP contribution in [0.3, 0.4) is 0 Å². The normalized spacial score (nSPS) is 10.8. The number of ether oxygens (including phenoxy) is 1. The quantitative estimate of drug-likeness (QED) is 0.538. The van der Waals surface area contributed by atoms with Crippen molar-refractivity contribution in [2.45, 2.75) is 13.3 Å². The smallest absolute Gasteiger partial charge is 0.337 e. The third-order valence-electron chi connectivity index (χ3n) is 3.03. The van der Waals surface area contributed by atoms with Gasteiger partial charge in [-0.15, -0.1) is 0 Å². The van der Waals surface area contributed by atoms with Crippen LogP contribution in [0.2, 0.25) is 10.0 Å². The van der Waals surface area contributed by atoms with E-state index in [1.165, 1.54) is 12.3 Å². The standard InChI is InChI=1S/C17H16Cl2N2O3/c1-2-7-24-16-13(18)8-11(9-14(16)19)10-20-21-15-6-4-3-5-12(15)17(22)23/h3-6,8-10,21H,2,7H2,1H3,(H,22,23). The molecule has 2 N–H and O–H groups in total. The zero-order valence-corrected chi connectivity index (χ0v) is 14.4. The van der Waals surface area contributed by atoms with Crippen LogP contribution < -0.4 is 10.2 Å². The highest BCUT2D eigenvalue weighted by molar-refractivity contribution is 6.37. The van der Waals surface area contributed by atoms with Crippen LogP contribution in [-0.2, 0) is 0 Å². The molecule has 0 bridgehead atoms. The minimum atomic E-state index is -1.03. The summed E-state index contributed by atoms with van der Waals surface area (Å²) in [5.74, 6) is -0.585. The molecule has 0 radical (unpaired) electrons. The van der Waals surface area contributed by atoms with Crippen molar-refractivity contribution < 1.29 is 14.6 Å². The summed E-state index contributed by atoms with van der Waals surface area (Å²) in [4.78, 5) is 11.1. The second-order valence-electron chi connectivity index (χ2n) is 4.88. The van der Waals surface area contributed by atoms with Crippen LogP contribution in [0, 0.1) is 0 Å². The molecule has 2 rings (SSSR count). The molecule has 126 valence electrons. The average Bonchev–Trinajstić information content (AvgIpc) is 2.54. The van der Waals surface area contributed by atoms with E-state index in [0.29, 0.717) is 33.7 Å². The van der Waals surface area contributed by atoms with Crippen molar-refractivity contribution in [1.29, 1.82) is 0 Å². The number of anilines is 1. The topological polar surface area (TPSA) is 70.9 Å². The van der Waals surface area contributed by atoms with Crippen LogP contribution in [0.1, 0.15) is 29.3 Å². The molecule has 0 saturated carbocycles. The van der Waals surface area contributed by atoms with Crippen LogP contribution >= 0.6 is 23.2 Å².